The molecule has 0 heterocycles. The zero-order valence-corrected chi connectivity index (χ0v) is 11.5. The van der Waals surface area contributed by atoms with Gasteiger partial charge >= 0.3 is 0 Å². The Bertz CT molecular complexity index is 603. The number of nitrogens with zero attached hydrogens (tertiary/aromatic N) is 1. The number of hydrogen-bond acceptors (Lipinski definition) is 2. The van der Waals surface area contributed by atoms with Crippen LogP contribution in [0.25, 0.3) is 0 Å². The molecular weight excluding hydrogens is 234 g/mol. The number of benzene rings is 2. The molecule has 2 aromatic rings. The van der Waals surface area contributed by atoms with Gasteiger partial charge in [0, 0.05) is 25.2 Å². The predicted octanol–water partition coefficient (Wildman–Crippen LogP) is 3.16. The molecule has 0 aliphatic rings. The lowest BCUT2D eigenvalue weighted by Crippen LogP contribution is -2.09. The van der Waals surface area contributed by atoms with Gasteiger partial charge in [-0.15, -0.1) is 0 Å². The summed E-state index contributed by atoms with van der Waals surface area (Å²) in [7, 11) is 5.70. The van der Waals surface area contributed by atoms with Gasteiger partial charge in [-0.2, -0.15) is 0 Å². The van der Waals surface area contributed by atoms with Crippen LogP contribution >= 0.6 is 0 Å². The van der Waals surface area contributed by atoms with Gasteiger partial charge in [0.25, 0.3) is 0 Å². The molecule has 0 spiro atoms. The quantitative estimate of drug-likeness (QED) is 0.760. The fourth-order valence-corrected chi connectivity index (χ4v) is 1.78. The van der Waals surface area contributed by atoms with Gasteiger partial charge in [-0.05, 0) is 36.4 Å². The normalized spacial score (nSPS) is 9.42. The standard InChI is InChI=1S/C17H17NO/c1-18(2)17-7-5-4-6-15(17)11-8-14-9-12-16(19-3)13-10-14/h4-7,9-10,12-13H,1-3H3. The first-order chi connectivity index (χ1) is 9.20. The summed E-state index contributed by atoms with van der Waals surface area (Å²) < 4.78 is 5.13. The average molecular weight is 251 g/mol. The summed E-state index contributed by atoms with van der Waals surface area (Å²) in [5.74, 6) is 7.24. The fourth-order valence-electron chi connectivity index (χ4n) is 1.78. The Balaban J connectivity index is 2.28. The third kappa shape index (κ3) is 3.29. The van der Waals surface area contributed by atoms with E-state index in [9.17, 15) is 0 Å². The third-order valence-corrected chi connectivity index (χ3v) is 2.82. The van der Waals surface area contributed by atoms with Crippen LogP contribution in [-0.4, -0.2) is 21.2 Å². The Morgan fingerprint density at radius 1 is 0.895 bits per heavy atom. The molecule has 0 aliphatic carbocycles. The Hall–Kier alpha value is -2.40. The van der Waals surface area contributed by atoms with Crippen LogP contribution in [0.3, 0.4) is 0 Å². The van der Waals surface area contributed by atoms with Gasteiger partial charge in [0.05, 0.1) is 12.8 Å². The van der Waals surface area contributed by atoms with E-state index in [1.54, 1.807) is 7.11 Å². The highest BCUT2D eigenvalue weighted by Gasteiger charge is 1.99. The molecule has 2 aromatic carbocycles. The third-order valence-electron chi connectivity index (χ3n) is 2.82. The molecule has 96 valence electrons. The van der Waals surface area contributed by atoms with E-state index in [1.165, 1.54) is 0 Å². The van der Waals surface area contributed by atoms with E-state index in [0.717, 1.165) is 22.6 Å². The number of para-hydroxylation sites is 1. The van der Waals surface area contributed by atoms with E-state index in [2.05, 4.69) is 22.8 Å². The minimum absolute atomic E-state index is 0.847. The van der Waals surface area contributed by atoms with Crippen LogP contribution in [0.1, 0.15) is 11.1 Å². The zero-order valence-electron chi connectivity index (χ0n) is 11.5. The second-order valence-corrected chi connectivity index (χ2v) is 4.39. The SMILES string of the molecule is COc1ccc(C#Cc2ccccc2N(C)C)cc1. The Kier molecular flexibility index (Phi) is 4.10. The summed E-state index contributed by atoms with van der Waals surface area (Å²) in [5, 5.41) is 0. The van der Waals surface area contributed by atoms with Crippen molar-refractivity contribution < 1.29 is 4.74 Å². The van der Waals surface area contributed by atoms with E-state index in [4.69, 9.17) is 4.74 Å². The Morgan fingerprint density at radius 2 is 1.58 bits per heavy atom. The lowest BCUT2D eigenvalue weighted by molar-refractivity contribution is 0.415. The lowest BCUT2D eigenvalue weighted by atomic mass is 10.1. The smallest absolute Gasteiger partial charge is 0.118 e. The van der Waals surface area contributed by atoms with Gasteiger partial charge < -0.3 is 9.64 Å². The molecule has 0 atom stereocenters. The van der Waals surface area contributed by atoms with Crippen LogP contribution in [0.5, 0.6) is 5.75 Å². The molecule has 0 fully saturated rings. The Morgan fingerprint density at radius 3 is 2.21 bits per heavy atom. The molecule has 0 N–H and O–H groups in total. The summed E-state index contributed by atoms with van der Waals surface area (Å²) in [6, 6.07) is 15.9. The van der Waals surface area contributed by atoms with Gasteiger partial charge in [0.1, 0.15) is 5.75 Å². The predicted molar refractivity (Wildman–Crippen MR) is 79.7 cm³/mol. The van der Waals surface area contributed by atoms with Crippen molar-refractivity contribution in [1.82, 2.24) is 0 Å². The highest BCUT2D eigenvalue weighted by molar-refractivity contribution is 5.61. The van der Waals surface area contributed by atoms with Crippen molar-refractivity contribution >= 4 is 5.69 Å². The van der Waals surface area contributed by atoms with Crippen molar-refractivity contribution in [3.63, 3.8) is 0 Å². The highest BCUT2D eigenvalue weighted by Crippen LogP contribution is 2.17. The lowest BCUT2D eigenvalue weighted by Gasteiger charge is -2.13. The summed E-state index contributed by atoms with van der Waals surface area (Å²) in [5.41, 5.74) is 3.14. The maximum absolute atomic E-state index is 5.13. The summed E-state index contributed by atoms with van der Waals surface area (Å²) in [6.45, 7) is 0. The van der Waals surface area contributed by atoms with Gasteiger partial charge in [-0.3, -0.25) is 0 Å². The average Bonchev–Trinajstić information content (AvgIpc) is 2.46. The zero-order chi connectivity index (χ0) is 13.7. The number of rotatable bonds is 2. The summed E-state index contributed by atoms with van der Waals surface area (Å²) >= 11 is 0. The van der Waals surface area contributed by atoms with Crippen molar-refractivity contribution in [3.05, 3.63) is 59.7 Å². The first-order valence-electron chi connectivity index (χ1n) is 6.13. The van der Waals surface area contributed by atoms with Crippen molar-refractivity contribution in [2.75, 3.05) is 26.1 Å². The number of anilines is 1. The molecule has 0 amide bonds. The van der Waals surface area contributed by atoms with Gasteiger partial charge in [-0.1, -0.05) is 24.0 Å². The molecule has 0 saturated heterocycles. The van der Waals surface area contributed by atoms with Crippen molar-refractivity contribution in [2.24, 2.45) is 0 Å². The maximum atomic E-state index is 5.13. The minimum atomic E-state index is 0.847. The summed E-state index contributed by atoms with van der Waals surface area (Å²) in [6.07, 6.45) is 0. The minimum Gasteiger partial charge on any atom is -0.497 e. The largest absolute Gasteiger partial charge is 0.497 e. The number of ether oxygens (including phenoxy) is 1. The summed E-state index contributed by atoms with van der Waals surface area (Å²) in [4.78, 5) is 2.07. The van der Waals surface area contributed by atoms with Crippen molar-refractivity contribution in [2.45, 2.75) is 0 Å². The van der Waals surface area contributed by atoms with Crippen LogP contribution in [-0.2, 0) is 0 Å². The van der Waals surface area contributed by atoms with E-state index in [0.29, 0.717) is 0 Å². The molecule has 0 bridgehead atoms. The van der Waals surface area contributed by atoms with Crippen molar-refractivity contribution in [1.29, 1.82) is 0 Å². The van der Waals surface area contributed by atoms with E-state index >= 15 is 0 Å². The van der Waals surface area contributed by atoms with E-state index in [-0.39, 0.29) is 0 Å². The second kappa shape index (κ2) is 5.97. The molecule has 0 aliphatic heterocycles. The van der Waals surface area contributed by atoms with E-state index in [1.807, 2.05) is 56.6 Å². The van der Waals surface area contributed by atoms with Crippen molar-refractivity contribution in [3.8, 4) is 17.6 Å². The number of hydrogen-bond donors (Lipinski definition) is 0. The fraction of sp³-hybridized carbons (Fsp3) is 0.176. The first-order valence-corrected chi connectivity index (χ1v) is 6.13. The number of methoxy groups -OCH3 is 1. The van der Waals surface area contributed by atoms with Crippen LogP contribution in [0.4, 0.5) is 5.69 Å². The van der Waals surface area contributed by atoms with Crippen LogP contribution in [0.2, 0.25) is 0 Å². The molecule has 19 heavy (non-hydrogen) atoms. The molecule has 0 unspecified atom stereocenters. The maximum Gasteiger partial charge on any atom is 0.118 e. The molecule has 2 heteroatoms. The molecule has 0 aromatic heterocycles. The highest BCUT2D eigenvalue weighted by atomic mass is 16.5. The molecule has 0 saturated carbocycles. The van der Waals surface area contributed by atoms with Crippen LogP contribution < -0.4 is 9.64 Å². The second-order valence-electron chi connectivity index (χ2n) is 4.39. The van der Waals surface area contributed by atoms with E-state index < -0.39 is 0 Å². The van der Waals surface area contributed by atoms with Gasteiger partial charge in [0.15, 0.2) is 0 Å². The first kappa shape index (κ1) is 13.0. The van der Waals surface area contributed by atoms with Gasteiger partial charge in [0.2, 0.25) is 0 Å². The Labute approximate surface area is 114 Å². The monoisotopic (exact) mass is 251 g/mol. The van der Waals surface area contributed by atoms with Crippen LogP contribution in [0, 0.1) is 11.8 Å². The van der Waals surface area contributed by atoms with Crippen LogP contribution in [0.15, 0.2) is 48.5 Å². The molecule has 2 rings (SSSR count). The van der Waals surface area contributed by atoms with Gasteiger partial charge in [-0.25, -0.2) is 0 Å². The molecule has 0 radical (unpaired) electrons. The molecular formula is C17H17NO. The molecule has 2 nitrogen and oxygen atoms in total. The topological polar surface area (TPSA) is 12.5 Å².